The molecule has 2 rings (SSSR count). The Balaban J connectivity index is 2.60. The van der Waals surface area contributed by atoms with Gasteiger partial charge in [-0.2, -0.15) is 0 Å². The second-order valence-electron chi connectivity index (χ2n) is 4.68. The zero-order valence-electron chi connectivity index (χ0n) is 11.9. The third kappa shape index (κ3) is 2.90. The first-order valence-electron chi connectivity index (χ1n) is 6.32. The number of nitro groups is 1. The molecule has 0 unspecified atom stereocenters. The molecular weight excluding hydrogens is 340 g/mol. The van der Waals surface area contributed by atoms with Crippen LogP contribution in [0.1, 0.15) is 25.7 Å². The monoisotopic (exact) mass is 354 g/mol. The fraction of sp³-hybridized carbons (Fsp3) is 0.385. The van der Waals surface area contributed by atoms with Crippen LogP contribution in [-0.4, -0.2) is 26.8 Å². The van der Waals surface area contributed by atoms with Crippen molar-refractivity contribution in [3.8, 4) is 17.1 Å². The molecule has 2 aromatic rings. The number of nitrogens with zero attached hydrogens (tertiary/aromatic N) is 4. The second-order valence-corrected chi connectivity index (χ2v) is 5.24. The molecule has 112 valence electrons. The zero-order chi connectivity index (χ0) is 15.6. The Morgan fingerprint density at radius 2 is 2.14 bits per heavy atom. The molecule has 8 heteroatoms. The summed E-state index contributed by atoms with van der Waals surface area (Å²) in [7, 11) is 1.40. The molecule has 0 aliphatic rings. The van der Waals surface area contributed by atoms with E-state index in [-0.39, 0.29) is 17.5 Å². The zero-order valence-corrected chi connectivity index (χ0v) is 13.5. The number of halogens is 1. The number of nitro benzene ring substituents is 1. The maximum Gasteiger partial charge on any atom is 0.311 e. The Morgan fingerprint density at radius 1 is 1.43 bits per heavy atom. The summed E-state index contributed by atoms with van der Waals surface area (Å²) in [5.74, 6) is 1.60. The van der Waals surface area contributed by atoms with Crippen LogP contribution in [-0.2, 0) is 5.33 Å². The lowest BCUT2D eigenvalue weighted by atomic mass is 10.1. The van der Waals surface area contributed by atoms with E-state index in [1.54, 1.807) is 12.1 Å². The summed E-state index contributed by atoms with van der Waals surface area (Å²) in [5, 5.41) is 20.0. The van der Waals surface area contributed by atoms with Crippen LogP contribution >= 0.6 is 15.9 Å². The third-order valence-electron chi connectivity index (χ3n) is 3.04. The van der Waals surface area contributed by atoms with Crippen LogP contribution in [0, 0.1) is 10.1 Å². The Labute approximate surface area is 130 Å². The first-order valence-corrected chi connectivity index (χ1v) is 7.44. The number of alkyl halides is 1. The minimum Gasteiger partial charge on any atom is -0.490 e. The summed E-state index contributed by atoms with van der Waals surface area (Å²) < 4.78 is 6.95. The first kappa shape index (κ1) is 15.4. The molecule has 1 heterocycles. The summed E-state index contributed by atoms with van der Waals surface area (Å²) in [6.45, 7) is 4.02. The molecule has 0 N–H and O–H groups in total. The van der Waals surface area contributed by atoms with Crippen molar-refractivity contribution < 1.29 is 9.66 Å². The van der Waals surface area contributed by atoms with Gasteiger partial charge < -0.3 is 9.30 Å². The average Bonchev–Trinajstić information content (AvgIpc) is 2.90. The summed E-state index contributed by atoms with van der Waals surface area (Å²) in [5.41, 5.74) is 0.546. The van der Waals surface area contributed by atoms with Crippen LogP contribution in [0.15, 0.2) is 18.2 Å². The fourth-order valence-electron chi connectivity index (χ4n) is 2.13. The smallest absolute Gasteiger partial charge is 0.311 e. The molecule has 0 aliphatic carbocycles. The number of benzene rings is 1. The van der Waals surface area contributed by atoms with E-state index in [0.29, 0.717) is 16.7 Å². The van der Waals surface area contributed by atoms with Gasteiger partial charge in [0.05, 0.1) is 17.4 Å². The summed E-state index contributed by atoms with van der Waals surface area (Å²) in [6.07, 6.45) is 0. The quantitative estimate of drug-likeness (QED) is 0.467. The Hall–Kier alpha value is -1.96. The van der Waals surface area contributed by atoms with Crippen molar-refractivity contribution in [1.29, 1.82) is 0 Å². The molecule has 0 radical (unpaired) electrons. The highest BCUT2D eigenvalue weighted by molar-refractivity contribution is 9.08. The SMILES string of the molecule is COc1ccc(-c2nnc(CBr)n2C(C)C)cc1[N+](=O)[O-]. The normalized spacial score (nSPS) is 10.9. The lowest BCUT2D eigenvalue weighted by molar-refractivity contribution is -0.385. The largest absolute Gasteiger partial charge is 0.490 e. The van der Waals surface area contributed by atoms with Gasteiger partial charge in [0.2, 0.25) is 0 Å². The van der Waals surface area contributed by atoms with E-state index >= 15 is 0 Å². The standard InChI is InChI=1S/C13H15BrN4O3/c1-8(2)17-12(7-14)15-16-13(17)9-4-5-11(21-3)10(6-9)18(19)20/h4-6,8H,7H2,1-3H3. The predicted molar refractivity (Wildman–Crippen MR) is 81.7 cm³/mol. The lowest BCUT2D eigenvalue weighted by Gasteiger charge is -2.13. The van der Waals surface area contributed by atoms with Crippen LogP contribution in [0.2, 0.25) is 0 Å². The van der Waals surface area contributed by atoms with Crippen molar-refractivity contribution >= 4 is 21.6 Å². The molecule has 1 aromatic carbocycles. The number of rotatable bonds is 5. The van der Waals surface area contributed by atoms with Gasteiger partial charge in [0, 0.05) is 17.7 Å². The van der Waals surface area contributed by atoms with Crippen LogP contribution in [0.25, 0.3) is 11.4 Å². The van der Waals surface area contributed by atoms with Gasteiger partial charge in [0.15, 0.2) is 11.6 Å². The molecule has 0 aliphatic heterocycles. The molecule has 7 nitrogen and oxygen atoms in total. The van der Waals surface area contributed by atoms with Crippen LogP contribution in [0.4, 0.5) is 5.69 Å². The first-order chi connectivity index (χ1) is 9.99. The number of hydrogen-bond donors (Lipinski definition) is 0. The third-order valence-corrected chi connectivity index (χ3v) is 3.54. The van der Waals surface area contributed by atoms with Gasteiger partial charge in [-0.3, -0.25) is 10.1 Å². The molecule has 0 fully saturated rings. The Morgan fingerprint density at radius 3 is 2.67 bits per heavy atom. The predicted octanol–water partition coefficient (Wildman–Crippen LogP) is 3.34. The Kier molecular flexibility index (Phi) is 4.56. The van der Waals surface area contributed by atoms with Crippen molar-refractivity contribution in [2.45, 2.75) is 25.2 Å². The Bertz CT molecular complexity index is 669. The van der Waals surface area contributed by atoms with E-state index in [9.17, 15) is 10.1 Å². The van der Waals surface area contributed by atoms with E-state index in [1.807, 2.05) is 18.4 Å². The summed E-state index contributed by atoms with van der Waals surface area (Å²) in [6, 6.07) is 4.91. The van der Waals surface area contributed by atoms with E-state index in [0.717, 1.165) is 5.82 Å². The van der Waals surface area contributed by atoms with E-state index in [4.69, 9.17) is 4.74 Å². The van der Waals surface area contributed by atoms with Crippen molar-refractivity contribution in [3.05, 3.63) is 34.1 Å². The number of methoxy groups -OCH3 is 1. The molecule has 0 saturated heterocycles. The molecule has 0 saturated carbocycles. The van der Waals surface area contributed by atoms with Crippen molar-refractivity contribution in [1.82, 2.24) is 14.8 Å². The van der Waals surface area contributed by atoms with Crippen LogP contribution < -0.4 is 4.74 Å². The molecule has 0 amide bonds. The van der Waals surface area contributed by atoms with Gasteiger partial charge in [-0.15, -0.1) is 10.2 Å². The maximum atomic E-state index is 11.1. The summed E-state index contributed by atoms with van der Waals surface area (Å²) >= 11 is 3.37. The lowest BCUT2D eigenvalue weighted by Crippen LogP contribution is -2.07. The molecule has 1 aromatic heterocycles. The van der Waals surface area contributed by atoms with E-state index in [2.05, 4.69) is 26.1 Å². The van der Waals surface area contributed by atoms with Gasteiger partial charge in [0.1, 0.15) is 5.82 Å². The van der Waals surface area contributed by atoms with E-state index in [1.165, 1.54) is 13.2 Å². The van der Waals surface area contributed by atoms with Gasteiger partial charge in [-0.05, 0) is 26.0 Å². The van der Waals surface area contributed by atoms with Crippen molar-refractivity contribution in [3.63, 3.8) is 0 Å². The average molecular weight is 355 g/mol. The van der Waals surface area contributed by atoms with Gasteiger partial charge in [-0.1, -0.05) is 15.9 Å². The summed E-state index contributed by atoms with van der Waals surface area (Å²) in [4.78, 5) is 10.7. The number of aromatic nitrogens is 3. The van der Waals surface area contributed by atoms with Crippen molar-refractivity contribution in [2.75, 3.05) is 7.11 Å². The molecule has 0 spiro atoms. The van der Waals surface area contributed by atoms with Crippen molar-refractivity contribution in [2.24, 2.45) is 0 Å². The number of ether oxygens (including phenoxy) is 1. The molecule has 21 heavy (non-hydrogen) atoms. The van der Waals surface area contributed by atoms with Gasteiger partial charge in [0.25, 0.3) is 0 Å². The second kappa shape index (κ2) is 6.21. The number of hydrogen-bond acceptors (Lipinski definition) is 5. The fourth-order valence-corrected chi connectivity index (χ4v) is 2.51. The van der Waals surface area contributed by atoms with Gasteiger partial charge in [-0.25, -0.2) is 0 Å². The molecular formula is C13H15BrN4O3. The van der Waals surface area contributed by atoms with Gasteiger partial charge >= 0.3 is 5.69 Å². The molecule has 0 atom stereocenters. The van der Waals surface area contributed by atoms with Crippen LogP contribution in [0.3, 0.4) is 0 Å². The minimum atomic E-state index is -0.468. The molecule has 0 bridgehead atoms. The minimum absolute atomic E-state index is 0.0892. The highest BCUT2D eigenvalue weighted by Gasteiger charge is 2.20. The van der Waals surface area contributed by atoms with Crippen LogP contribution in [0.5, 0.6) is 5.75 Å². The highest BCUT2D eigenvalue weighted by atomic mass is 79.9. The van der Waals surface area contributed by atoms with E-state index < -0.39 is 4.92 Å². The topological polar surface area (TPSA) is 83.1 Å². The maximum absolute atomic E-state index is 11.1. The highest BCUT2D eigenvalue weighted by Crippen LogP contribution is 2.32.